The Labute approximate surface area is 160 Å². The molecule has 0 spiro atoms. The van der Waals surface area contributed by atoms with E-state index in [0.717, 1.165) is 11.1 Å². The van der Waals surface area contributed by atoms with Crippen LogP contribution in [0, 0.1) is 23.2 Å². The molecule has 0 aromatic heterocycles. The molecule has 0 aromatic rings. The van der Waals surface area contributed by atoms with E-state index in [4.69, 9.17) is 9.47 Å². The number of ether oxygens (including phenoxy) is 2. The Morgan fingerprint density at radius 1 is 1.41 bits per heavy atom. The van der Waals surface area contributed by atoms with E-state index >= 15 is 0 Å². The van der Waals surface area contributed by atoms with Gasteiger partial charge in [0.2, 0.25) is 0 Å². The van der Waals surface area contributed by atoms with E-state index in [1.807, 2.05) is 19.1 Å². The van der Waals surface area contributed by atoms with Gasteiger partial charge in [-0.15, -0.1) is 0 Å². The number of hydrogen-bond acceptors (Lipinski definition) is 5. The van der Waals surface area contributed by atoms with Crippen molar-refractivity contribution in [3.05, 3.63) is 36.0 Å². The number of carbonyl (C=O) groups is 3. The van der Waals surface area contributed by atoms with Crippen LogP contribution in [0.4, 0.5) is 0 Å². The largest absolute Gasteiger partial charge is 0.461 e. The first-order valence-corrected chi connectivity index (χ1v) is 9.63. The van der Waals surface area contributed by atoms with Crippen LogP contribution in [0.2, 0.25) is 0 Å². The van der Waals surface area contributed by atoms with Gasteiger partial charge < -0.3 is 9.47 Å². The summed E-state index contributed by atoms with van der Waals surface area (Å²) in [5, 5.41) is 0. The first-order valence-electron chi connectivity index (χ1n) is 9.63. The molecule has 5 heteroatoms. The van der Waals surface area contributed by atoms with E-state index in [1.165, 1.54) is 0 Å². The van der Waals surface area contributed by atoms with Gasteiger partial charge in [0, 0.05) is 23.7 Å². The monoisotopic (exact) mass is 372 g/mol. The Morgan fingerprint density at radius 2 is 2.11 bits per heavy atom. The summed E-state index contributed by atoms with van der Waals surface area (Å²) in [6.45, 7) is 11.8. The molecule has 1 heterocycles. The first-order chi connectivity index (χ1) is 12.6. The van der Waals surface area contributed by atoms with Crippen molar-refractivity contribution in [2.75, 3.05) is 0 Å². The lowest BCUT2D eigenvalue weighted by atomic mass is 9.59. The zero-order chi connectivity index (χ0) is 19.9. The third kappa shape index (κ3) is 3.52. The van der Waals surface area contributed by atoms with E-state index in [1.54, 1.807) is 13.0 Å². The molecule has 0 amide bonds. The SMILES string of the molecule is C=C(C)[C@@H]1C[C@@]2(C)C(=CC1=O)C=C[C@@H](OC(=O)[C@H](C)[C@@H]1CCC(=O)O1)[C@@H]2C. The average Bonchev–Trinajstić information content (AvgIpc) is 3.04. The predicted molar refractivity (Wildman–Crippen MR) is 101 cm³/mol. The van der Waals surface area contributed by atoms with Crippen molar-refractivity contribution in [2.24, 2.45) is 23.2 Å². The molecule has 3 aliphatic rings. The second kappa shape index (κ2) is 7.10. The Balaban J connectivity index is 1.75. The Kier molecular flexibility index (Phi) is 5.15. The van der Waals surface area contributed by atoms with Gasteiger partial charge in [0.25, 0.3) is 0 Å². The van der Waals surface area contributed by atoms with Crippen molar-refractivity contribution >= 4 is 17.7 Å². The summed E-state index contributed by atoms with van der Waals surface area (Å²) in [5.41, 5.74) is 1.59. The standard InChI is InChI=1S/C22H28O5/c1-12(2)16-11-22(5)14(4)19(7-6-15(22)10-17(16)23)27-21(25)13(3)18-8-9-20(24)26-18/h6-7,10,13-14,16,18-19H,1,8-9,11H2,2-5H3/t13-,14+,16+,18+,19-,22-/m1/s1. The molecule has 0 saturated carbocycles. The van der Waals surface area contributed by atoms with Gasteiger partial charge in [-0.2, -0.15) is 0 Å². The second-order valence-electron chi connectivity index (χ2n) is 8.43. The molecule has 0 aromatic carbocycles. The van der Waals surface area contributed by atoms with Gasteiger partial charge in [0.05, 0.1) is 5.92 Å². The minimum absolute atomic E-state index is 0.0194. The summed E-state index contributed by atoms with van der Waals surface area (Å²) in [5.74, 6) is -1.18. The summed E-state index contributed by atoms with van der Waals surface area (Å²) < 4.78 is 11.0. The topological polar surface area (TPSA) is 69.7 Å². The number of hydrogen-bond donors (Lipinski definition) is 0. The van der Waals surface area contributed by atoms with Crippen molar-refractivity contribution in [1.82, 2.24) is 0 Å². The van der Waals surface area contributed by atoms with E-state index in [9.17, 15) is 14.4 Å². The highest BCUT2D eigenvalue weighted by molar-refractivity contribution is 5.96. The zero-order valence-corrected chi connectivity index (χ0v) is 16.5. The van der Waals surface area contributed by atoms with Crippen LogP contribution in [0.1, 0.15) is 47.0 Å². The molecule has 3 rings (SSSR count). The summed E-state index contributed by atoms with van der Waals surface area (Å²) >= 11 is 0. The number of allylic oxidation sites excluding steroid dienone is 4. The molecule has 6 atom stereocenters. The molecule has 2 aliphatic carbocycles. The fourth-order valence-electron chi connectivity index (χ4n) is 4.33. The number of carbonyl (C=O) groups excluding carboxylic acids is 3. The number of cyclic esters (lactones) is 1. The molecule has 146 valence electrons. The Morgan fingerprint density at radius 3 is 2.70 bits per heavy atom. The van der Waals surface area contributed by atoms with E-state index < -0.39 is 12.0 Å². The van der Waals surface area contributed by atoms with E-state index in [2.05, 4.69) is 20.4 Å². The van der Waals surface area contributed by atoms with Crippen molar-refractivity contribution < 1.29 is 23.9 Å². The molecule has 5 nitrogen and oxygen atoms in total. The highest BCUT2D eigenvalue weighted by Crippen LogP contribution is 2.50. The fourth-order valence-corrected chi connectivity index (χ4v) is 4.33. The Hall–Kier alpha value is -2.17. The lowest BCUT2D eigenvalue weighted by Gasteiger charge is -2.46. The molecule has 0 radical (unpaired) electrons. The van der Waals surface area contributed by atoms with Crippen molar-refractivity contribution in [2.45, 2.75) is 59.2 Å². The molecular weight excluding hydrogens is 344 g/mol. The van der Waals surface area contributed by atoms with Gasteiger partial charge >= 0.3 is 11.9 Å². The number of ketones is 1. The van der Waals surface area contributed by atoms with Gasteiger partial charge in [-0.3, -0.25) is 14.4 Å². The third-order valence-electron chi connectivity index (χ3n) is 6.58. The molecular formula is C22H28O5. The maximum Gasteiger partial charge on any atom is 0.313 e. The highest BCUT2D eigenvalue weighted by atomic mass is 16.6. The normalized spacial score (nSPS) is 36.5. The van der Waals surface area contributed by atoms with Crippen LogP contribution in [-0.2, 0) is 23.9 Å². The van der Waals surface area contributed by atoms with Crippen LogP contribution in [-0.4, -0.2) is 29.9 Å². The molecule has 0 bridgehead atoms. The summed E-state index contributed by atoms with van der Waals surface area (Å²) in [4.78, 5) is 36.3. The summed E-state index contributed by atoms with van der Waals surface area (Å²) in [6, 6.07) is 0. The fraction of sp³-hybridized carbons (Fsp3) is 0.591. The van der Waals surface area contributed by atoms with E-state index in [-0.39, 0.29) is 41.1 Å². The number of esters is 2. The zero-order valence-electron chi connectivity index (χ0n) is 16.5. The van der Waals surface area contributed by atoms with Crippen molar-refractivity contribution in [1.29, 1.82) is 0 Å². The van der Waals surface area contributed by atoms with Crippen LogP contribution in [0.25, 0.3) is 0 Å². The maximum atomic E-state index is 12.6. The molecule has 1 fully saturated rings. The van der Waals surface area contributed by atoms with Gasteiger partial charge in [-0.1, -0.05) is 32.1 Å². The maximum absolute atomic E-state index is 12.6. The molecule has 1 saturated heterocycles. The molecule has 0 N–H and O–H groups in total. The van der Waals surface area contributed by atoms with Crippen LogP contribution in [0.3, 0.4) is 0 Å². The van der Waals surface area contributed by atoms with Crippen LogP contribution in [0.5, 0.6) is 0 Å². The lowest BCUT2D eigenvalue weighted by Crippen LogP contribution is -2.45. The minimum atomic E-state index is -0.488. The lowest BCUT2D eigenvalue weighted by molar-refractivity contribution is -0.161. The van der Waals surface area contributed by atoms with Gasteiger partial charge in [0.15, 0.2) is 5.78 Å². The van der Waals surface area contributed by atoms with Crippen molar-refractivity contribution in [3.63, 3.8) is 0 Å². The second-order valence-corrected chi connectivity index (χ2v) is 8.43. The molecule has 0 unspecified atom stereocenters. The third-order valence-corrected chi connectivity index (χ3v) is 6.58. The quantitative estimate of drug-likeness (QED) is 0.558. The highest BCUT2D eigenvalue weighted by Gasteiger charge is 2.47. The van der Waals surface area contributed by atoms with E-state index in [0.29, 0.717) is 19.3 Å². The van der Waals surface area contributed by atoms with Crippen molar-refractivity contribution in [3.8, 4) is 0 Å². The van der Waals surface area contributed by atoms with Gasteiger partial charge in [-0.25, -0.2) is 0 Å². The average molecular weight is 372 g/mol. The molecule has 1 aliphatic heterocycles. The van der Waals surface area contributed by atoms with Gasteiger partial charge in [-0.05, 0) is 44.4 Å². The van der Waals surface area contributed by atoms with Crippen LogP contribution < -0.4 is 0 Å². The minimum Gasteiger partial charge on any atom is -0.461 e. The first kappa shape index (κ1) is 19.6. The smallest absolute Gasteiger partial charge is 0.313 e. The number of fused-ring (bicyclic) bond motifs is 1. The summed E-state index contributed by atoms with van der Waals surface area (Å²) in [7, 11) is 0. The summed E-state index contributed by atoms with van der Waals surface area (Å²) in [6.07, 6.45) is 6.28. The van der Waals surface area contributed by atoms with Crippen LogP contribution in [0.15, 0.2) is 36.0 Å². The van der Waals surface area contributed by atoms with Crippen LogP contribution >= 0.6 is 0 Å². The number of rotatable bonds is 4. The van der Waals surface area contributed by atoms with Gasteiger partial charge in [0.1, 0.15) is 12.2 Å². The predicted octanol–water partition coefficient (Wildman–Crippen LogP) is 3.54. The molecule has 27 heavy (non-hydrogen) atoms. The Bertz CT molecular complexity index is 746.